The molecule has 5 nitrogen and oxygen atoms in total. The van der Waals surface area contributed by atoms with Crippen molar-refractivity contribution >= 4 is 11.8 Å². The summed E-state index contributed by atoms with van der Waals surface area (Å²) >= 11 is 1.57. The highest BCUT2D eigenvalue weighted by Gasteiger charge is 2.36. The van der Waals surface area contributed by atoms with E-state index in [9.17, 15) is 0 Å². The predicted molar refractivity (Wildman–Crippen MR) is 104 cm³/mol. The first-order chi connectivity index (χ1) is 12.6. The number of ether oxygens (including phenoxy) is 2. The van der Waals surface area contributed by atoms with Crippen LogP contribution in [0.5, 0.6) is 5.88 Å². The zero-order valence-electron chi connectivity index (χ0n) is 15.6. The molecule has 1 heterocycles. The number of fused-ring (bicyclic) bond motifs is 3. The van der Waals surface area contributed by atoms with Crippen LogP contribution in [0.2, 0.25) is 0 Å². The van der Waals surface area contributed by atoms with Crippen LogP contribution in [0.15, 0.2) is 29.4 Å². The van der Waals surface area contributed by atoms with E-state index >= 15 is 0 Å². The molecule has 0 spiro atoms. The van der Waals surface area contributed by atoms with Gasteiger partial charge in [-0.05, 0) is 12.0 Å². The summed E-state index contributed by atoms with van der Waals surface area (Å²) in [6, 6.07) is 8.42. The van der Waals surface area contributed by atoms with Gasteiger partial charge in [-0.15, -0.1) is 0 Å². The molecule has 0 bridgehead atoms. The monoisotopic (exact) mass is 374 g/mol. The first-order valence-corrected chi connectivity index (χ1v) is 9.91. The summed E-state index contributed by atoms with van der Waals surface area (Å²) in [4.78, 5) is 9.57. The summed E-state index contributed by atoms with van der Waals surface area (Å²) in [5.74, 6) is 1.43. The number of thioether (sulfide) groups is 1. The van der Waals surface area contributed by atoms with Crippen molar-refractivity contribution in [2.24, 2.45) is 0 Å². The van der Waals surface area contributed by atoms with E-state index in [1.165, 1.54) is 5.56 Å². The predicted octanol–water partition coefficient (Wildman–Crippen LogP) is 3.48. The molecule has 26 heavy (non-hydrogen) atoms. The Morgan fingerprint density at radius 1 is 1.19 bits per heavy atom. The molecule has 1 aliphatic rings. The van der Waals surface area contributed by atoms with Crippen molar-refractivity contribution in [1.82, 2.24) is 9.97 Å². The minimum absolute atomic E-state index is 0.106. The Kier molecular flexibility index (Phi) is 6.16. The van der Waals surface area contributed by atoms with Crippen molar-refractivity contribution in [2.45, 2.75) is 37.3 Å². The van der Waals surface area contributed by atoms with Crippen LogP contribution in [-0.4, -0.2) is 47.8 Å². The first kappa shape index (κ1) is 19.1. The van der Waals surface area contributed by atoms with Gasteiger partial charge in [0.15, 0.2) is 5.16 Å². The van der Waals surface area contributed by atoms with E-state index in [2.05, 4.69) is 32.0 Å². The Balaban J connectivity index is 2.07. The van der Waals surface area contributed by atoms with Crippen LogP contribution in [0.25, 0.3) is 11.3 Å². The van der Waals surface area contributed by atoms with E-state index in [1.807, 2.05) is 6.07 Å². The molecular formula is C20H26N2O3S. The van der Waals surface area contributed by atoms with Crippen molar-refractivity contribution in [2.75, 3.05) is 32.7 Å². The zero-order chi connectivity index (χ0) is 18.6. The molecule has 2 aromatic rings. The second kappa shape index (κ2) is 8.37. The van der Waals surface area contributed by atoms with Crippen LogP contribution in [0, 0.1) is 0 Å². The molecule has 0 unspecified atom stereocenters. The number of rotatable bonds is 8. The normalized spacial score (nSPS) is 14.6. The van der Waals surface area contributed by atoms with Gasteiger partial charge in [0.05, 0.1) is 18.9 Å². The maximum atomic E-state index is 9.08. The van der Waals surface area contributed by atoms with Crippen molar-refractivity contribution in [1.29, 1.82) is 0 Å². The number of hydrogen-bond donors (Lipinski definition) is 1. The van der Waals surface area contributed by atoms with Crippen molar-refractivity contribution < 1.29 is 14.6 Å². The van der Waals surface area contributed by atoms with E-state index < -0.39 is 0 Å². The van der Waals surface area contributed by atoms with E-state index in [0.29, 0.717) is 30.7 Å². The number of hydrogen-bond acceptors (Lipinski definition) is 6. The zero-order valence-corrected chi connectivity index (χ0v) is 16.4. The lowest BCUT2D eigenvalue weighted by Gasteiger charge is -2.34. The average molecular weight is 375 g/mol. The van der Waals surface area contributed by atoms with E-state index in [-0.39, 0.29) is 12.0 Å². The average Bonchev–Trinajstić information content (AvgIpc) is 2.61. The second-order valence-corrected chi connectivity index (χ2v) is 8.08. The third-order valence-corrected chi connectivity index (χ3v) is 5.31. The van der Waals surface area contributed by atoms with Crippen LogP contribution in [0.1, 0.15) is 31.4 Å². The van der Waals surface area contributed by atoms with Gasteiger partial charge >= 0.3 is 0 Å². The number of aromatic nitrogens is 2. The Hall–Kier alpha value is -1.63. The molecule has 3 rings (SSSR count). The summed E-state index contributed by atoms with van der Waals surface area (Å²) < 4.78 is 11.1. The molecule has 0 fully saturated rings. The maximum absolute atomic E-state index is 9.08. The largest absolute Gasteiger partial charge is 0.477 e. The molecule has 0 atom stereocenters. The highest BCUT2D eigenvalue weighted by atomic mass is 32.2. The molecule has 0 radical (unpaired) electrons. The molecule has 1 aromatic carbocycles. The van der Waals surface area contributed by atoms with Crippen molar-refractivity contribution in [3.8, 4) is 17.1 Å². The van der Waals surface area contributed by atoms with Crippen LogP contribution < -0.4 is 4.74 Å². The third kappa shape index (κ3) is 4.03. The molecule has 1 aromatic heterocycles. The molecule has 1 aliphatic carbocycles. The van der Waals surface area contributed by atoms with Crippen molar-refractivity contribution in [3.63, 3.8) is 0 Å². The molecule has 0 saturated carbocycles. The van der Waals surface area contributed by atoms with Gasteiger partial charge in [0.2, 0.25) is 5.88 Å². The molecular weight excluding hydrogens is 348 g/mol. The number of aliphatic hydroxyl groups is 1. The Morgan fingerprint density at radius 2 is 2.00 bits per heavy atom. The highest BCUT2D eigenvalue weighted by Crippen LogP contribution is 2.46. The number of benzene rings is 1. The summed E-state index contributed by atoms with van der Waals surface area (Å²) in [7, 11) is 1.69. The Morgan fingerprint density at radius 3 is 2.77 bits per heavy atom. The number of nitrogens with zero attached hydrogens (tertiary/aromatic N) is 2. The van der Waals surface area contributed by atoms with Crippen molar-refractivity contribution in [3.05, 3.63) is 35.4 Å². The molecule has 0 amide bonds. The van der Waals surface area contributed by atoms with Crippen LogP contribution >= 0.6 is 11.8 Å². The van der Waals surface area contributed by atoms with Gasteiger partial charge in [0.25, 0.3) is 0 Å². The van der Waals surface area contributed by atoms with Gasteiger partial charge < -0.3 is 14.6 Å². The summed E-state index contributed by atoms with van der Waals surface area (Å²) in [6.45, 7) is 5.62. The molecule has 6 heteroatoms. The first-order valence-electron chi connectivity index (χ1n) is 8.93. The van der Waals surface area contributed by atoms with Crippen LogP contribution in [0.3, 0.4) is 0 Å². The van der Waals surface area contributed by atoms with Gasteiger partial charge in [-0.3, -0.25) is 0 Å². The maximum Gasteiger partial charge on any atom is 0.221 e. The quantitative estimate of drug-likeness (QED) is 0.434. The molecule has 1 N–H and O–H groups in total. The Bertz CT molecular complexity index is 765. The summed E-state index contributed by atoms with van der Waals surface area (Å²) in [5.41, 5.74) is 4.37. The van der Waals surface area contributed by atoms with Gasteiger partial charge in [-0.25, -0.2) is 4.98 Å². The smallest absolute Gasteiger partial charge is 0.221 e. The number of aliphatic hydroxyl groups excluding tert-OH is 1. The lowest BCUT2D eigenvalue weighted by Crippen LogP contribution is -2.28. The van der Waals surface area contributed by atoms with E-state index in [0.717, 1.165) is 29.0 Å². The molecule has 0 saturated heterocycles. The topological polar surface area (TPSA) is 64.5 Å². The van der Waals surface area contributed by atoms with Crippen LogP contribution in [0.4, 0.5) is 0 Å². The van der Waals surface area contributed by atoms with Gasteiger partial charge in [-0.1, -0.05) is 49.9 Å². The minimum Gasteiger partial charge on any atom is -0.477 e. The second-order valence-electron chi connectivity index (χ2n) is 7.02. The van der Waals surface area contributed by atoms with E-state index in [1.54, 1.807) is 18.9 Å². The minimum atomic E-state index is -0.117. The highest BCUT2D eigenvalue weighted by molar-refractivity contribution is 7.99. The lowest BCUT2D eigenvalue weighted by atomic mass is 9.72. The fourth-order valence-corrected chi connectivity index (χ4v) is 4.05. The van der Waals surface area contributed by atoms with Gasteiger partial charge in [0, 0.05) is 42.4 Å². The van der Waals surface area contributed by atoms with Gasteiger partial charge in [0.1, 0.15) is 0 Å². The molecule has 0 aliphatic heterocycles. The fourth-order valence-electron chi connectivity index (χ4n) is 3.31. The standard InChI is InChI=1S/C20H26N2O3S/c1-20(2)13-14-7-4-5-8-15(14)17-16(20)18(25-10-6-9-23)22-19(21-17)26-12-11-24-3/h4-5,7-8,23H,6,9-13H2,1-3H3. The fraction of sp³-hybridized carbons (Fsp3) is 0.500. The van der Waals surface area contributed by atoms with E-state index in [4.69, 9.17) is 24.5 Å². The van der Waals surface area contributed by atoms with Gasteiger partial charge in [-0.2, -0.15) is 4.98 Å². The molecule has 140 valence electrons. The summed E-state index contributed by atoms with van der Waals surface area (Å²) in [6.07, 6.45) is 1.51. The SMILES string of the molecule is COCCSc1nc(OCCCO)c2c(n1)-c1ccccc1CC2(C)C. The summed E-state index contributed by atoms with van der Waals surface area (Å²) in [5, 5.41) is 9.78. The number of methoxy groups -OCH3 is 1. The van der Waals surface area contributed by atoms with Crippen LogP contribution in [-0.2, 0) is 16.6 Å². The lowest BCUT2D eigenvalue weighted by molar-refractivity contribution is 0.218. The Labute approximate surface area is 159 Å². The third-order valence-electron chi connectivity index (χ3n) is 4.50.